The molecule has 1 aromatic heterocycles. The van der Waals surface area contributed by atoms with Crippen molar-refractivity contribution < 1.29 is 23.5 Å². The minimum atomic E-state index is -0.587. The van der Waals surface area contributed by atoms with E-state index in [4.69, 9.17) is 20.8 Å². The Morgan fingerprint density at radius 1 is 1.31 bits per heavy atom. The van der Waals surface area contributed by atoms with Crippen LogP contribution in [0.4, 0.5) is 5.69 Å². The predicted molar refractivity (Wildman–Crippen MR) is 93.3 cm³/mol. The van der Waals surface area contributed by atoms with Crippen molar-refractivity contribution in [2.24, 2.45) is 5.92 Å². The molecule has 1 aliphatic rings. The van der Waals surface area contributed by atoms with Crippen LogP contribution in [0.25, 0.3) is 0 Å². The molecule has 1 aromatic carbocycles. The highest BCUT2D eigenvalue weighted by atomic mass is 35.5. The number of furan rings is 1. The number of benzene rings is 1. The third-order valence-electron chi connectivity index (χ3n) is 3.93. The molecule has 2 amide bonds. The van der Waals surface area contributed by atoms with Gasteiger partial charge in [0.2, 0.25) is 5.91 Å². The maximum Gasteiger partial charge on any atom is 0.311 e. The second kappa shape index (κ2) is 8.05. The zero-order valence-corrected chi connectivity index (χ0v) is 14.6. The van der Waals surface area contributed by atoms with Crippen LogP contribution in [0.15, 0.2) is 47.1 Å². The van der Waals surface area contributed by atoms with Crippen LogP contribution in [0.5, 0.6) is 0 Å². The van der Waals surface area contributed by atoms with E-state index in [1.165, 1.54) is 11.2 Å². The van der Waals surface area contributed by atoms with Crippen LogP contribution < -0.4 is 5.32 Å². The van der Waals surface area contributed by atoms with E-state index >= 15 is 0 Å². The lowest BCUT2D eigenvalue weighted by Crippen LogP contribution is -2.28. The number of amides is 2. The number of likely N-dealkylation sites (tertiary alicyclic amines) is 1. The molecule has 0 radical (unpaired) electrons. The van der Waals surface area contributed by atoms with Gasteiger partial charge >= 0.3 is 5.97 Å². The molecule has 1 atom stereocenters. The minimum absolute atomic E-state index is 0.0649. The summed E-state index contributed by atoms with van der Waals surface area (Å²) < 4.78 is 10.2. The molecule has 1 fully saturated rings. The van der Waals surface area contributed by atoms with E-state index in [1.54, 1.807) is 36.4 Å². The Kier molecular flexibility index (Phi) is 5.58. The largest absolute Gasteiger partial charge is 0.467 e. The Balaban J connectivity index is 1.46. The number of rotatable bonds is 6. The van der Waals surface area contributed by atoms with Crippen molar-refractivity contribution in [2.45, 2.75) is 13.0 Å². The summed E-state index contributed by atoms with van der Waals surface area (Å²) in [5.41, 5.74) is 0.513. The zero-order valence-electron chi connectivity index (χ0n) is 13.8. The van der Waals surface area contributed by atoms with Gasteiger partial charge in [0.15, 0.2) is 6.61 Å². The molecule has 1 N–H and O–H groups in total. The number of nitrogens with zero attached hydrogens (tertiary/aromatic N) is 1. The molecule has 7 nitrogen and oxygen atoms in total. The molecule has 3 rings (SSSR count). The first-order chi connectivity index (χ1) is 12.5. The Labute approximate surface area is 154 Å². The van der Waals surface area contributed by atoms with E-state index in [9.17, 15) is 14.4 Å². The van der Waals surface area contributed by atoms with Gasteiger partial charge in [-0.15, -0.1) is 0 Å². The first-order valence-corrected chi connectivity index (χ1v) is 8.41. The topological polar surface area (TPSA) is 88.9 Å². The summed E-state index contributed by atoms with van der Waals surface area (Å²) in [5.74, 6) is -1.13. The SMILES string of the molecule is O=C(COC(=O)[C@@H]1CC(=O)N(Cc2ccco2)C1)Nc1cccc(Cl)c1. The number of esters is 1. The lowest BCUT2D eigenvalue weighted by atomic mass is 10.1. The molecule has 0 saturated carbocycles. The van der Waals surface area contributed by atoms with Crippen LogP contribution >= 0.6 is 11.6 Å². The van der Waals surface area contributed by atoms with Crippen molar-refractivity contribution in [1.82, 2.24) is 4.90 Å². The molecule has 0 unspecified atom stereocenters. The molecule has 2 heterocycles. The maximum atomic E-state index is 12.1. The molecule has 8 heteroatoms. The molecular formula is C18H17ClN2O5. The number of carbonyl (C=O) groups excluding carboxylic acids is 3. The molecule has 26 heavy (non-hydrogen) atoms. The van der Waals surface area contributed by atoms with Crippen LogP contribution in [-0.2, 0) is 25.7 Å². The summed E-state index contributed by atoms with van der Waals surface area (Å²) in [4.78, 5) is 37.5. The molecule has 0 aliphatic carbocycles. The summed E-state index contributed by atoms with van der Waals surface area (Å²) in [6.45, 7) is 0.132. The van der Waals surface area contributed by atoms with Gasteiger partial charge in [-0.05, 0) is 30.3 Å². The van der Waals surface area contributed by atoms with Crippen molar-refractivity contribution in [1.29, 1.82) is 0 Å². The van der Waals surface area contributed by atoms with Gasteiger partial charge in [0.05, 0.1) is 18.7 Å². The van der Waals surface area contributed by atoms with Gasteiger partial charge in [-0.2, -0.15) is 0 Å². The molecule has 0 bridgehead atoms. The van der Waals surface area contributed by atoms with E-state index in [-0.39, 0.29) is 18.9 Å². The number of anilines is 1. The van der Waals surface area contributed by atoms with Crippen molar-refractivity contribution in [3.8, 4) is 0 Å². The molecule has 1 saturated heterocycles. The van der Waals surface area contributed by atoms with Crippen molar-refractivity contribution in [2.75, 3.05) is 18.5 Å². The standard InChI is InChI=1S/C18H17ClN2O5/c19-13-3-1-4-14(8-13)20-16(22)11-26-18(24)12-7-17(23)21(9-12)10-15-5-2-6-25-15/h1-6,8,12H,7,9-11H2,(H,20,22)/t12-/m1/s1. The Morgan fingerprint density at radius 3 is 2.88 bits per heavy atom. The average molecular weight is 377 g/mol. The second-order valence-electron chi connectivity index (χ2n) is 5.92. The number of hydrogen-bond acceptors (Lipinski definition) is 5. The van der Waals surface area contributed by atoms with Crippen LogP contribution in [0, 0.1) is 5.92 Å². The quantitative estimate of drug-likeness (QED) is 0.782. The van der Waals surface area contributed by atoms with E-state index in [0.717, 1.165) is 0 Å². The van der Waals surface area contributed by atoms with Crippen molar-refractivity contribution in [3.63, 3.8) is 0 Å². The van der Waals surface area contributed by atoms with Crippen LogP contribution in [-0.4, -0.2) is 35.8 Å². The summed E-state index contributed by atoms with van der Waals surface area (Å²) >= 11 is 5.84. The van der Waals surface area contributed by atoms with E-state index in [1.807, 2.05) is 0 Å². The number of carbonyl (C=O) groups is 3. The monoisotopic (exact) mass is 376 g/mol. The van der Waals surface area contributed by atoms with E-state index in [2.05, 4.69) is 5.32 Å². The number of halogens is 1. The second-order valence-corrected chi connectivity index (χ2v) is 6.36. The predicted octanol–water partition coefficient (Wildman–Crippen LogP) is 2.46. The van der Waals surface area contributed by atoms with Gasteiger partial charge in [-0.3, -0.25) is 14.4 Å². The normalized spacial score (nSPS) is 16.6. The van der Waals surface area contributed by atoms with Gasteiger partial charge in [0.25, 0.3) is 5.91 Å². The van der Waals surface area contributed by atoms with Crippen LogP contribution in [0.1, 0.15) is 12.2 Å². The van der Waals surface area contributed by atoms with E-state index in [0.29, 0.717) is 23.0 Å². The fourth-order valence-corrected chi connectivity index (χ4v) is 2.88. The third kappa shape index (κ3) is 4.64. The smallest absolute Gasteiger partial charge is 0.311 e. The number of ether oxygens (including phenoxy) is 1. The van der Waals surface area contributed by atoms with Crippen LogP contribution in [0.2, 0.25) is 5.02 Å². The summed E-state index contributed by atoms with van der Waals surface area (Å²) in [6.07, 6.45) is 1.59. The molecule has 2 aromatic rings. The highest BCUT2D eigenvalue weighted by molar-refractivity contribution is 6.30. The first-order valence-electron chi connectivity index (χ1n) is 8.03. The fraction of sp³-hybridized carbons (Fsp3) is 0.278. The lowest BCUT2D eigenvalue weighted by molar-refractivity contribution is -0.151. The third-order valence-corrected chi connectivity index (χ3v) is 4.16. The van der Waals surface area contributed by atoms with Gasteiger partial charge in [-0.25, -0.2) is 0 Å². The van der Waals surface area contributed by atoms with Crippen LogP contribution in [0.3, 0.4) is 0 Å². The highest BCUT2D eigenvalue weighted by Gasteiger charge is 2.35. The Hall–Kier alpha value is -2.80. The first kappa shape index (κ1) is 18.0. The minimum Gasteiger partial charge on any atom is -0.467 e. The van der Waals surface area contributed by atoms with Crippen molar-refractivity contribution >= 4 is 35.1 Å². The Bertz CT molecular complexity index is 806. The Morgan fingerprint density at radius 2 is 2.15 bits per heavy atom. The lowest BCUT2D eigenvalue weighted by Gasteiger charge is -2.14. The molecular weight excluding hydrogens is 360 g/mol. The summed E-state index contributed by atoms with van der Waals surface area (Å²) in [7, 11) is 0. The highest BCUT2D eigenvalue weighted by Crippen LogP contribution is 2.21. The summed E-state index contributed by atoms with van der Waals surface area (Å²) in [5, 5.41) is 3.07. The van der Waals surface area contributed by atoms with Gasteiger partial charge in [-0.1, -0.05) is 17.7 Å². The molecule has 136 valence electrons. The van der Waals surface area contributed by atoms with Gasteiger partial charge < -0.3 is 19.4 Å². The number of hydrogen-bond donors (Lipinski definition) is 1. The van der Waals surface area contributed by atoms with E-state index < -0.39 is 24.4 Å². The fourth-order valence-electron chi connectivity index (χ4n) is 2.69. The number of nitrogens with one attached hydrogen (secondary N) is 1. The molecule has 1 aliphatic heterocycles. The zero-order chi connectivity index (χ0) is 18.5. The van der Waals surface area contributed by atoms with Crippen molar-refractivity contribution in [3.05, 3.63) is 53.4 Å². The summed E-state index contributed by atoms with van der Waals surface area (Å²) in [6, 6.07) is 10.1. The van der Waals surface area contributed by atoms with Gasteiger partial charge in [0.1, 0.15) is 5.76 Å². The van der Waals surface area contributed by atoms with Gasteiger partial charge in [0, 0.05) is 23.7 Å². The molecule has 0 spiro atoms. The average Bonchev–Trinajstić information content (AvgIpc) is 3.23. The maximum absolute atomic E-state index is 12.1.